The summed E-state index contributed by atoms with van der Waals surface area (Å²) < 4.78 is 5.31. The van der Waals surface area contributed by atoms with Crippen LogP contribution in [0.25, 0.3) is 0 Å². The molecule has 1 aliphatic rings. The van der Waals surface area contributed by atoms with E-state index in [1.54, 1.807) is 47.4 Å². The van der Waals surface area contributed by atoms with Crippen LogP contribution in [-0.2, 0) is 10.2 Å². The van der Waals surface area contributed by atoms with E-state index < -0.39 is 0 Å². The van der Waals surface area contributed by atoms with Gasteiger partial charge in [-0.05, 0) is 78.4 Å². The van der Waals surface area contributed by atoms with E-state index in [1.165, 1.54) is 7.11 Å². The number of benzene rings is 3. The Bertz CT molecular complexity index is 1290. The van der Waals surface area contributed by atoms with Gasteiger partial charge in [0.25, 0.3) is 11.8 Å². The highest BCUT2D eigenvalue weighted by Gasteiger charge is 2.21. The first kappa shape index (κ1) is 25.9. The van der Waals surface area contributed by atoms with Gasteiger partial charge in [0.1, 0.15) is 5.75 Å². The van der Waals surface area contributed by atoms with Crippen LogP contribution in [-0.4, -0.2) is 31.4 Å². The number of piperidine rings is 1. The van der Waals surface area contributed by atoms with Crippen molar-refractivity contribution in [1.82, 2.24) is 0 Å². The number of rotatable bonds is 6. The summed E-state index contributed by atoms with van der Waals surface area (Å²) in [7, 11) is 1.52. The van der Waals surface area contributed by atoms with Crippen molar-refractivity contribution in [3.8, 4) is 5.75 Å². The molecule has 0 bridgehead atoms. The second kappa shape index (κ2) is 10.9. The number of nitrogens with zero attached hydrogens (tertiary/aromatic N) is 1. The molecule has 0 spiro atoms. The average molecular weight is 500 g/mol. The van der Waals surface area contributed by atoms with E-state index in [9.17, 15) is 14.4 Å². The number of anilines is 3. The van der Waals surface area contributed by atoms with Gasteiger partial charge in [0.05, 0.1) is 18.4 Å². The van der Waals surface area contributed by atoms with Gasteiger partial charge < -0.3 is 20.3 Å². The largest absolute Gasteiger partial charge is 0.497 e. The Labute approximate surface area is 217 Å². The van der Waals surface area contributed by atoms with Gasteiger partial charge in [-0.3, -0.25) is 14.4 Å². The average Bonchev–Trinajstić information content (AvgIpc) is 2.89. The molecule has 0 radical (unpaired) electrons. The molecule has 4 rings (SSSR count). The minimum Gasteiger partial charge on any atom is -0.497 e. The summed E-state index contributed by atoms with van der Waals surface area (Å²) in [5.41, 5.74) is 3.68. The smallest absolute Gasteiger partial charge is 0.257 e. The standard InChI is InChI=1S/C30H33N3O4/c1-30(2,3)21-10-12-22(13-11-21)31-29(36)25-19-24(37-4)16-17-26(25)32-28(35)20-8-14-23(15-9-20)33-18-6-5-7-27(33)34/h8-17,19H,5-7,18H2,1-4H3,(H,31,36)(H,32,35). The van der Waals surface area contributed by atoms with Gasteiger partial charge in [-0.1, -0.05) is 32.9 Å². The van der Waals surface area contributed by atoms with Crippen LogP contribution >= 0.6 is 0 Å². The molecule has 0 saturated carbocycles. The van der Waals surface area contributed by atoms with E-state index in [-0.39, 0.29) is 28.7 Å². The highest BCUT2D eigenvalue weighted by molar-refractivity contribution is 6.13. The number of ether oxygens (including phenoxy) is 1. The Morgan fingerprint density at radius 1 is 0.865 bits per heavy atom. The van der Waals surface area contributed by atoms with E-state index in [0.29, 0.717) is 35.7 Å². The molecule has 3 amide bonds. The lowest BCUT2D eigenvalue weighted by Crippen LogP contribution is -2.35. The quantitative estimate of drug-likeness (QED) is 0.435. The van der Waals surface area contributed by atoms with Crippen LogP contribution in [0.2, 0.25) is 0 Å². The van der Waals surface area contributed by atoms with E-state index in [2.05, 4.69) is 31.4 Å². The van der Waals surface area contributed by atoms with Crippen molar-refractivity contribution in [2.24, 2.45) is 0 Å². The Morgan fingerprint density at radius 3 is 2.19 bits per heavy atom. The summed E-state index contributed by atoms with van der Waals surface area (Å²) in [5.74, 6) is -0.117. The molecule has 3 aromatic rings. The molecule has 1 fully saturated rings. The third kappa shape index (κ3) is 6.17. The maximum absolute atomic E-state index is 13.2. The van der Waals surface area contributed by atoms with Crippen molar-refractivity contribution in [2.45, 2.75) is 45.4 Å². The molecule has 1 aliphatic heterocycles. The minimum absolute atomic E-state index is 0.00823. The summed E-state index contributed by atoms with van der Waals surface area (Å²) in [5, 5.41) is 5.75. The predicted octanol–water partition coefficient (Wildman–Crippen LogP) is 6.01. The van der Waals surface area contributed by atoms with Gasteiger partial charge in [-0.15, -0.1) is 0 Å². The summed E-state index contributed by atoms with van der Waals surface area (Å²) in [4.78, 5) is 40.2. The summed E-state index contributed by atoms with van der Waals surface area (Å²) in [6, 6.07) is 19.6. The van der Waals surface area contributed by atoms with E-state index in [1.807, 2.05) is 24.3 Å². The molecule has 37 heavy (non-hydrogen) atoms. The van der Waals surface area contributed by atoms with Crippen LogP contribution < -0.4 is 20.3 Å². The van der Waals surface area contributed by atoms with E-state index in [0.717, 1.165) is 24.1 Å². The molecule has 1 saturated heterocycles. The fourth-order valence-electron chi connectivity index (χ4n) is 4.27. The van der Waals surface area contributed by atoms with Crippen molar-refractivity contribution in [2.75, 3.05) is 29.2 Å². The van der Waals surface area contributed by atoms with E-state index >= 15 is 0 Å². The summed E-state index contributed by atoms with van der Waals surface area (Å²) in [6.45, 7) is 7.08. The highest BCUT2D eigenvalue weighted by Crippen LogP contribution is 2.27. The molecule has 0 aromatic heterocycles. The van der Waals surface area contributed by atoms with Crippen LogP contribution in [0.15, 0.2) is 66.7 Å². The van der Waals surface area contributed by atoms with Crippen molar-refractivity contribution in [3.63, 3.8) is 0 Å². The van der Waals surface area contributed by atoms with Gasteiger partial charge in [0, 0.05) is 29.9 Å². The van der Waals surface area contributed by atoms with Gasteiger partial charge in [-0.2, -0.15) is 0 Å². The van der Waals surface area contributed by atoms with Crippen molar-refractivity contribution in [3.05, 3.63) is 83.4 Å². The Hall–Kier alpha value is -4.13. The fraction of sp³-hybridized carbons (Fsp3) is 0.300. The number of nitrogens with one attached hydrogen (secondary N) is 2. The SMILES string of the molecule is COc1ccc(NC(=O)c2ccc(N3CCCCC3=O)cc2)c(C(=O)Nc2ccc(C(C)(C)C)cc2)c1. The van der Waals surface area contributed by atoms with Gasteiger partial charge in [0.2, 0.25) is 5.91 Å². The lowest BCUT2D eigenvalue weighted by Gasteiger charge is -2.26. The normalized spacial score (nSPS) is 13.7. The summed E-state index contributed by atoms with van der Waals surface area (Å²) >= 11 is 0. The maximum atomic E-state index is 13.2. The molecule has 0 atom stereocenters. The van der Waals surface area contributed by atoms with Crippen molar-refractivity contribution < 1.29 is 19.1 Å². The Kier molecular flexibility index (Phi) is 7.62. The fourth-order valence-corrected chi connectivity index (χ4v) is 4.27. The minimum atomic E-state index is -0.364. The van der Waals surface area contributed by atoms with Crippen LogP contribution in [0.1, 0.15) is 66.3 Å². The number of hydrogen-bond donors (Lipinski definition) is 2. The molecule has 2 N–H and O–H groups in total. The number of hydrogen-bond acceptors (Lipinski definition) is 4. The van der Waals surface area contributed by atoms with Crippen molar-refractivity contribution in [1.29, 1.82) is 0 Å². The number of methoxy groups -OCH3 is 1. The molecule has 192 valence electrons. The molecule has 1 heterocycles. The predicted molar refractivity (Wildman–Crippen MR) is 147 cm³/mol. The number of amides is 3. The number of carbonyl (C=O) groups excluding carboxylic acids is 3. The molecular formula is C30H33N3O4. The second-order valence-corrected chi connectivity index (χ2v) is 10.2. The summed E-state index contributed by atoms with van der Waals surface area (Å²) in [6.07, 6.45) is 2.43. The van der Waals surface area contributed by atoms with Crippen LogP contribution in [0.5, 0.6) is 5.75 Å². The van der Waals surface area contributed by atoms with Gasteiger partial charge in [0.15, 0.2) is 0 Å². The van der Waals surface area contributed by atoms with Gasteiger partial charge >= 0.3 is 0 Å². The highest BCUT2D eigenvalue weighted by atomic mass is 16.5. The zero-order valence-electron chi connectivity index (χ0n) is 21.8. The first-order chi connectivity index (χ1) is 17.7. The molecule has 7 heteroatoms. The van der Waals surface area contributed by atoms with Crippen molar-refractivity contribution >= 4 is 34.8 Å². The first-order valence-corrected chi connectivity index (χ1v) is 12.5. The topological polar surface area (TPSA) is 87.7 Å². The maximum Gasteiger partial charge on any atom is 0.257 e. The monoisotopic (exact) mass is 499 g/mol. The lowest BCUT2D eigenvalue weighted by atomic mass is 9.87. The zero-order chi connectivity index (χ0) is 26.6. The molecule has 0 aliphatic carbocycles. The number of carbonyl (C=O) groups is 3. The van der Waals surface area contributed by atoms with Crippen LogP contribution in [0.4, 0.5) is 17.1 Å². The van der Waals surface area contributed by atoms with E-state index in [4.69, 9.17) is 4.74 Å². The molecular weight excluding hydrogens is 466 g/mol. The third-order valence-corrected chi connectivity index (χ3v) is 6.49. The third-order valence-electron chi connectivity index (χ3n) is 6.49. The molecule has 3 aromatic carbocycles. The van der Waals surface area contributed by atoms with Crippen LogP contribution in [0, 0.1) is 0 Å². The first-order valence-electron chi connectivity index (χ1n) is 12.5. The van der Waals surface area contributed by atoms with Gasteiger partial charge in [-0.25, -0.2) is 0 Å². The zero-order valence-corrected chi connectivity index (χ0v) is 21.8. The van der Waals surface area contributed by atoms with Crippen LogP contribution in [0.3, 0.4) is 0 Å². The lowest BCUT2D eigenvalue weighted by molar-refractivity contribution is -0.119. The Morgan fingerprint density at radius 2 is 1.57 bits per heavy atom. The molecule has 0 unspecified atom stereocenters. The second-order valence-electron chi connectivity index (χ2n) is 10.2. The molecule has 7 nitrogen and oxygen atoms in total. The Balaban J connectivity index is 1.51.